The fraction of sp³-hybridized carbons (Fsp3) is 0.423. The van der Waals surface area contributed by atoms with Gasteiger partial charge in [-0.15, -0.1) is 0 Å². The van der Waals surface area contributed by atoms with Gasteiger partial charge >= 0.3 is 0 Å². The lowest BCUT2D eigenvalue weighted by molar-refractivity contribution is 0.338. The molecule has 0 radical (unpaired) electrons. The van der Waals surface area contributed by atoms with Crippen molar-refractivity contribution in [1.29, 1.82) is 5.41 Å². The molecule has 2 saturated carbocycles. The molecular weight excluding hydrogens is 406 g/mol. The third kappa shape index (κ3) is 5.82. The normalized spacial score (nSPS) is 21.4. The van der Waals surface area contributed by atoms with Crippen molar-refractivity contribution in [1.82, 2.24) is 5.32 Å². The Labute approximate surface area is 190 Å². The molecule has 2 aromatic rings. The third-order valence-corrected chi connectivity index (χ3v) is 6.79. The second-order valence-electron chi connectivity index (χ2n) is 8.76. The Morgan fingerprint density at radius 2 is 1.90 bits per heavy atom. The highest BCUT2D eigenvalue weighted by atomic mass is 35.5. The summed E-state index contributed by atoms with van der Waals surface area (Å²) in [4.78, 5) is 0. The fourth-order valence-corrected chi connectivity index (χ4v) is 4.64. The molecule has 4 rings (SSSR count). The van der Waals surface area contributed by atoms with Crippen molar-refractivity contribution in [2.24, 2.45) is 5.92 Å². The Kier molecular flexibility index (Phi) is 7.18. The minimum absolute atomic E-state index is 0.585. The summed E-state index contributed by atoms with van der Waals surface area (Å²) >= 11 is 6.32. The number of rotatable bonds is 9. The van der Waals surface area contributed by atoms with E-state index >= 15 is 0 Å². The van der Waals surface area contributed by atoms with Gasteiger partial charge in [0.1, 0.15) is 5.75 Å². The van der Waals surface area contributed by atoms with Crippen LogP contribution in [0.25, 0.3) is 5.57 Å². The lowest BCUT2D eigenvalue weighted by Crippen LogP contribution is -2.20. The molecule has 0 atom stereocenters. The fourth-order valence-electron chi connectivity index (χ4n) is 4.37. The van der Waals surface area contributed by atoms with Crippen LogP contribution in [-0.2, 0) is 0 Å². The van der Waals surface area contributed by atoms with E-state index in [1.165, 1.54) is 50.3 Å². The number of halogens is 1. The lowest BCUT2D eigenvalue weighted by Gasteiger charge is -2.29. The number of benzene rings is 2. The van der Waals surface area contributed by atoms with Gasteiger partial charge in [-0.3, -0.25) is 0 Å². The molecule has 4 nitrogen and oxygen atoms in total. The van der Waals surface area contributed by atoms with Crippen LogP contribution in [0.1, 0.15) is 55.6 Å². The first-order valence-electron chi connectivity index (χ1n) is 11.3. The molecule has 2 aromatic carbocycles. The number of hydrogen-bond donors (Lipinski definition) is 3. The zero-order chi connectivity index (χ0) is 21.6. The van der Waals surface area contributed by atoms with Crippen LogP contribution in [0.15, 0.2) is 48.7 Å². The van der Waals surface area contributed by atoms with Gasteiger partial charge in [0.15, 0.2) is 0 Å². The summed E-state index contributed by atoms with van der Waals surface area (Å²) in [5, 5.41) is 15.5. The van der Waals surface area contributed by atoms with Gasteiger partial charge in [0.25, 0.3) is 0 Å². The predicted octanol–water partition coefficient (Wildman–Crippen LogP) is 6.48. The minimum atomic E-state index is 0.585. The molecule has 0 spiro atoms. The van der Waals surface area contributed by atoms with Crippen LogP contribution in [-0.4, -0.2) is 25.9 Å². The van der Waals surface area contributed by atoms with E-state index in [-0.39, 0.29) is 0 Å². The zero-order valence-corrected chi connectivity index (χ0v) is 18.9. The zero-order valence-electron chi connectivity index (χ0n) is 18.2. The summed E-state index contributed by atoms with van der Waals surface area (Å²) in [7, 11) is 1.65. The Morgan fingerprint density at radius 3 is 2.58 bits per heavy atom. The van der Waals surface area contributed by atoms with Gasteiger partial charge in [-0.05, 0) is 85.8 Å². The average molecular weight is 438 g/mol. The second-order valence-corrected chi connectivity index (χ2v) is 9.17. The Balaban J connectivity index is 1.29. The SMILES string of the molecule is COc1ccc(C2CCC(CNc3cccc(/C(C=N)=C/NC4CC4)c3)CC2)cc1Cl. The summed E-state index contributed by atoms with van der Waals surface area (Å²) in [6.07, 6.45) is 10.7. The van der Waals surface area contributed by atoms with Crippen LogP contribution in [0.3, 0.4) is 0 Å². The smallest absolute Gasteiger partial charge is 0.137 e. The molecule has 0 saturated heterocycles. The Morgan fingerprint density at radius 1 is 1.10 bits per heavy atom. The van der Waals surface area contributed by atoms with Crippen molar-refractivity contribution in [3.8, 4) is 5.75 Å². The van der Waals surface area contributed by atoms with Gasteiger partial charge in [0.05, 0.1) is 12.1 Å². The standard InChI is InChI=1S/C26H32ClN3O/c1-31-26-12-9-21(14-25(26)27)19-7-5-18(6-8-19)16-29-24-4-2-3-20(13-24)22(15-28)17-30-23-10-11-23/h2-4,9,12-15,17-19,23,28-30H,5-8,10-11,16H2,1H3/b22-17+,28-15?. The average Bonchev–Trinajstić information content (AvgIpc) is 3.63. The Hall–Kier alpha value is -2.46. The third-order valence-electron chi connectivity index (χ3n) is 6.49. The molecule has 164 valence electrons. The summed E-state index contributed by atoms with van der Waals surface area (Å²) in [5.74, 6) is 2.01. The van der Waals surface area contributed by atoms with E-state index < -0.39 is 0 Å². The molecule has 0 heterocycles. The van der Waals surface area contributed by atoms with Gasteiger partial charge in [0, 0.05) is 36.3 Å². The molecule has 0 aliphatic heterocycles. The molecule has 0 aromatic heterocycles. The van der Waals surface area contributed by atoms with Gasteiger partial charge < -0.3 is 20.8 Å². The molecule has 0 bridgehead atoms. The van der Waals surface area contributed by atoms with Crippen LogP contribution in [0.4, 0.5) is 5.69 Å². The molecular formula is C26H32ClN3O. The van der Waals surface area contributed by atoms with Crippen LogP contribution >= 0.6 is 11.6 Å². The van der Waals surface area contributed by atoms with E-state index in [1.54, 1.807) is 7.11 Å². The molecule has 2 fully saturated rings. The van der Waals surface area contributed by atoms with E-state index in [1.807, 2.05) is 12.3 Å². The highest BCUT2D eigenvalue weighted by Gasteiger charge is 2.23. The number of allylic oxidation sites excluding steroid dienone is 1. The van der Waals surface area contributed by atoms with E-state index in [9.17, 15) is 0 Å². The highest BCUT2D eigenvalue weighted by molar-refractivity contribution is 6.32. The van der Waals surface area contributed by atoms with Crippen LogP contribution in [0.2, 0.25) is 5.02 Å². The molecule has 0 unspecified atom stereocenters. The van der Waals surface area contributed by atoms with Crippen molar-refractivity contribution in [2.45, 2.75) is 50.5 Å². The van der Waals surface area contributed by atoms with E-state index in [0.717, 1.165) is 29.1 Å². The van der Waals surface area contributed by atoms with Gasteiger partial charge in [-0.25, -0.2) is 0 Å². The molecule has 2 aliphatic carbocycles. The largest absolute Gasteiger partial charge is 0.495 e. The number of nitrogens with one attached hydrogen (secondary N) is 3. The maximum absolute atomic E-state index is 7.75. The molecule has 0 amide bonds. The summed E-state index contributed by atoms with van der Waals surface area (Å²) < 4.78 is 5.28. The number of anilines is 1. The van der Waals surface area contributed by atoms with Crippen molar-refractivity contribution in [2.75, 3.05) is 19.0 Å². The van der Waals surface area contributed by atoms with E-state index in [4.69, 9.17) is 21.7 Å². The first kappa shape index (κ1) is 21.8. The van der Waals surface area contributed by atoms with Crippen molar-refractivity contribution >= 4 is 29.1 Å². The molecule has 2 aliphatic rings. The van der Waals surface area contributed by atoms with Gasteiger partial charge in [-0.1, -0.05) is 29.8 Å². The monoisotopic (exact) mass is 437 g/mol. The number of ether oxygens (including phenoxy) is 1. The highest BCUT2D eigenvalue weighted by Crippen LogP contribution is 2.38. The van der Waals surface area contributed by atoms with Crippen LogP contribution < -0.4 is 15.4 Å². The number of hydrogen-bond acceptors (Lipinski definition) is 4. The molecule has 3 N–H and O–H groups in total. The maximum Gasteiger partial charge on any atom is 0.137 e. The van der Waals surface area contributed by atoms with E-state index in [0.29, 0.717) is 22.9 Å². The first-order valence-corrected chi connectivity index (χ1v) is 11.7. The van der Waals surface area contributed by atoms with Crippen LogP contribution in [0.5, 0.6) is 5.75 Å². The quantitative estimate of drug-likeness (QED) is 0.393. The summed E-state index contributed by atoms with van der Waals surface area (Å²) in [6, 6.07) is 15.2. The maximum atomic E-state index is 7.75. The first-order chi connectivity index (χ1) is 15.2. The summed E-state index contributed by atoms with van der Waals surface area (Å²) in [5.41, 5.74) is 4.46. The number of methoxy groups -OCH3 is 1. The topological polar surface area (TPSA) is 57.1 Å². The van der Waals surface area contributed by atoms with Crippen molar-refractivity contribution in [3.05, 3.63) is 64.8 Å². The molecule has 31 heavy (non-hydrogen) atoms. The predicted molar refractivity (Wildman–Crippen MR) is 131 cm³/mol. The Bertz CT molecular complexity index is 930. The van der Waals surface area contributed by atoms with Gasteiger partial charge in [0.2, 0.25) is 0 Å². The van der Waals surface area contributed by atoms with Crippen molar-refractivity contribution < 1.29 is 4.74 Å². The van der Waals surface area contributed by atoms with Crippen LogP contribution in [0, 0.1) is 11.3 Å². The molecule has 5 heteroatoms. The van der Waals surface area contributed by atoms with Gasteiger partial charge in [-0.2, -0.15) is 0 Å². The van der Waals surface area contributed by atoms with Crippen molar-refractivity contribution in [3.63, 3.8) is 0 Å². The second kappa shape index (κ2) is 10.2. The summed E-state index contributed by atoms with van der Waals surface area (Å²) in [6.45, 7) is 0.990. The minimum Gasteiger partial charge on any atom is -0.495 e. The lowest BCUT2D eigenvalue weighted by atomic mass is 9.78. The van der Waals surface area contributed by atoms with E-state index in [2.05, 4.69) is 47.0 Å².